The average Bonchev–Trinajstić information content (AvgIpc) is 2.54. The van der Waals surface area contributed by atoms with Gasteiger partial charge in [0.25, 0.3) is 5.91 Å². The van der Waals surface area contributed by atoms with Crippen LogP contribution in [0, 0.1) is 6.92 Å². The van der Waals surface area contributed by atoms with Crippen LogP contribution in [0.4, 0.5) is 0 Å². The summed E-state index contributed by atoms with van der Waals surface area (Å²) in [5.74, 6) is 1.09. The highest BCUT2D eigenvalue weighted by Gasteiger charge is 2.24. The van der Waals surface area contributed by atoms with Gasteiger partial charge in [0.2, 0.25) is 6.41 Å². The molecule has 1 aliphatic rings. The number of rotatable bonds is 4. The van der Waals surface area contributed by atoms with Crippen molar-refractivity contribution in [2.75, 3.05) is 40.4 Å². The van der Waals surface area contributed by atoms with Gasteiger partial charge in [0.1, 0.15) is 11.5 Å². The maximum atomic E-state index is 12.6. The van der Waals surface area contributed by atoms with Crippen LogP contribution in [0.25, 0.3) is 0 Å². The molecular weight excluding hydrogens is 272 g/mol. The first-order chi connectivity index (χ1) is 10.1. The fraction of sp³-hybridized carbons (Fsp3) is 0.467. The Morgan fingerprint density at radius 3 is 2.24 bits per heavy atom. The number of carbonyl (C=O) groups is 2. The lowest BCUT2D eigenvalue weighted by Crippen LogP contribution is -2.48. The van der Waals surface area contributed by atoms with E-state index < -0.39 is 0 Å². The summed E-state index contributed by atoms with van der Waals surface area (Å²) in [7, 11) is 3.12. The second-order valence-electron chi connectivity index (χ2n) is 4.96. The third-order valence-corrected chi connectivity index (χ3v) is 3.70. The minimum absolute atomic E-state index is 0.101. The minimum Gasteiger partial charge on any atom is -0.496 e. The lowest BCUT2D eigenvalue weighted by molar-refractivity contribution is -0.119. The maximum absolute atomic E-state index is 12.6. The highest BCUT2D eigenvalue weighted by atomic mass is 16.5. The van der Waals surface area contributed by atoms with E-state index >= 15 is 0 Å². The van der Waals surface area contributed by atoms with E-state index in [-0.39, 0.29) is 5.91 Å². The molecule has 1 fully saturated rings. The molecule has 0 unspecified atom stereocenters. The average molecular weight is 292 g/mol. The third kappa shape index (κ3) is 3.09. The van der Waals surface area contributed by atoms with Crippen molar-refractivity contribution in [1.29, 1.82) is 0 Å². The summed E-state index contributed by atoms with van der Waals surface area (Å²) in [6, 6.07) is 3.51. The van der Waals surface area contributed by atoms with E-state index in [1.54, 1.807) is 36.2 Å². The van der Waals surface area contributed by atoms with Gasteiger partial charge in [0.05, 0.1) is 19.8 Å². The van der Waals surface area contributed by atoms with Gasteiger partial charge in [0.15, 0.2) is 0 Å². The Bertz CT molecular complexity index is 537. The second kappa shape index (κ2) is 6.47. The molecule has 0 radical (unpaired) electrons. The summed E-state index contributed by atoms with van der Waals surface area (Å²) in [5.41, 5.74) is 1.40. The molecule has 1 heterocycles. The van der Waals surface area contributed by atoms with E-state index in [2.05, 4.69) is 0 Å². The van der Waals surface area contributed by atoms with Crippen LogP contribution in [-0.2, 0) is 4.79 Å². The van der Waals surface area contributed by atoms with Gasteiger partial charge >= 0.3 is 0 Å². The number of nitrogens with zero attached hydrogens (tertiary/aromatic N) is 2. The van der Waals surface area contributed by atoms with Crippen LogP contribution in [0.2, 0.25) is 0 Å². The lowest BCUT2D eigenvalue weighted by atomic mass is 10.1. The molecule has 21 heavy (non-hydrogen) atoms. The summed E-state index contributed by atoms with van der Waals surface area (Å²) >= 11 is 0. The zero-order valence-electron chi connectivity index (χ0n) is 12.6. The quantitative estimate of drug-likeness (QED) is 0.775. The number of hydrogen-bond acceptors (Lipinski definition) is 4. The van der Waals surface area contributed by atoms with E-state index in [1.807, 2.05) is 6.92 Å². The van der Waals surface area contributed by atoms with Crippen molar-refractivity contribution in [3.63, 3.8) is 0 Å². The van der Waals surface area contributed by atoms with Crippen LogP contribution in [0.15, 0.2) is 12.1 Å². The Morgan fingerprint density at radius 1 is 1.10 bits per heavy atom. The Morgan fingerprint density at radius 2 is 1.71 bits per heavy atom. The Balaban J connectivity index is 2.24. The number of methoxy groups -OCH3 is 2. The van der Waals surface area contributed by atoms with E-state index in [4.69, 9.17) is 9.47 Å². The number of aryl methyl sites for hydroxylation is 1. The molecule has 114 valence electrons. The van der Waals surface area contributed by atoms with Gasteiger partial charge in [-0.05, 0) is 24.6 Å². The number of ether oxygens (including phenoxy) is 2. The van der Waals surface area contributed by atoms with Crippen molar-refractivity contribution in [1.82, 2.24) is 9.80 Å². The largest absolute Gasteiger partial charge is 0.496 e. The van der Waals surface area contributed by atoms with E-state index in [9.17, 15) is 9.59 Å². The van der Waals surface area contributed by atoms with E-state index in [1.165, 1.54) is 0 Å². The van der Waals surface area contributed by atoms with Crippen LogP contribution in [0.3, 0.4) is 0 Å². The monoisotopic (exact) mass is 292 g/mol. The predicted octanol–water partition coefficient (Wildman–Crippen LogP) is 0.926. The molecule has 6 nitrogen and oxygen atoms in total. The number of benzene rings is 1. The number of piperazine rings is 1. The molecule has 1 saturated heterocycles. The molecule has 2 rings (SSSR count). The van der Waals surface area contributed by atoms with Crippen LogP contribution in [-0.4, -0.2) is 62.5 Å². The first kappa shape index (κ1) is 15.2. The molecule has 0 saturated carbocycles. The van der Waals surface area contributed by atoms with Gasteiger partial charge in [-0.15, -0.1) is 0 Å². The van der Waals surface area contributed by atoms with Crippen molar-refractivity contribution in [3.8, 4) is 11.5 Å². The van der Waals surface area contributed by atoms with Gasteiger partial charge in [-0.2, -0.15) is 0 Å². The molecule has 1 aromatic rings. The van der Waals surface area contributed by atoms with Gasteiger partial charge in [-0.1, -0.05) is 0 Å². The topological polar surface area (TPSA) is 59.1 Å². The Labute approximate surface area is 124 Å². The fourth-order valence-corrected chi connectivity index (χ4v) is 2.42. The summed E-state index contributed by atoms with van der Waals surface area (Å²) in [6.07, 6.45) is 0.817. The molecule has 0 aliphatic carbocycles. The summed E-state index contributed by atoms with van der Waals surface area (Å²) in [5, 5.41) is 0. The molecule has 0 atom stereocenters. The van der Waals surface area contributed by atoms with Gasteiger partial charge in [-0.3, -0.25) is 9.59 Å². The molecule has 0 aromatic heterocycles. The smallest absolute Gasteiger partial charge is 0.257 e. The standard InChI is InChI=1S/C15H20N2O4/c1-11-8-14(21-3)12(9-13(11)20-2)15(19)17-6-4-16(10-18)5-7-17/h8-10H,4-7H2,1-3H3. The molecule has 1 aliphatic heterocycles. The van der Waals surface area contributed by atoms with Gasteiger partial charge < -0.3 is 19.3 Å². The second-order valence-corrected chi connectivity index (χ2v) is 4.96. The normalized spacial score (nSPS) is 14.8. The third-order valence-electron chi connectivity index (χ3n) is 3.70. The summed E-state index contributed by atoms with van der Waals surface area (Å²) in [4.78, 5) is 26.7. The Hall–Kier alpha value is -2.24. The molecule has 1 aromatic carbocycles. The highest BCUT2D eigenvalue weighted by Crippen LogP contribution is 2.29. The zero-order chi connectivity index (χ0) is 15.4. The molecule has 2 amide bonds. The minimum atomic E-state index is -0.101. The molecule has 0 N–H and O–H groups in total. The van der Waals surface area contributed by atoms with Crippen molar-refractivity contribution >= 4 is 12.3 Å². The molecule has 0 bridgehead atoms. The zero-order valence-corrected chi connectivity index (χ0v) is 12.6. The summed E-state index contributed by atoms with van der Waals surface area (Å²) < 4.78 is 10.6. The molecule has 6 heteroatoms. The number of carbonyl (C=O) groups excluding carboxylic acids is 2. The first-order valence-electron chi connectivity index (χ1n) is 6.82. The van der Waals surface area contributed by atoms with E-state index in [0.29, 0.717) is 43.2 Å². The molecular formula is C15H20N2O4. The van der Waals surface area contributed by atoms with Crippen molar-refractivity contribution in [2.24, 2.45) is 0 Å². The highest BCUT2D eigenvalue weighted by molar-refractivity contribution is 5.97. The Kier molecular flexibility index (Phi) is 4.67. The van der Waals surface area contributed by atoms with Crippen molar-refractivity contribution in [2.45, 2.75) is 6.92 Å². The van der Waals surface area contributed by atoms with Crippen LogP contribution >= 0.6 is 0 Å². The SMILES string of the molecule is COc1cc(C(=O)N2CCN(C=O)CC2)c(OC)cc1C. The van der Waals surface area contributed by atoms with Crippen molar-refractivity contribution in [3.05, 3.63) is 23.3 Å². The summed E-state index contributed by atoms with van der Waals surface area (Å²) in [6.45, 7) is 4.06. The predicted molar refractivity (Wildman–Crippen MR) is 77.8 cm³/mol. The van der Waals surface area contributed by atoms with Gasteiger partial charge in [0, 0.05) is 26.2 Å². The fourth-order valence-electron chi connectivity index (χ4n) is 2.42. The van der Waals surface area contributed by atoms with Crippen LogP contribution < -0.4 is 9.47 Å². The van der Waals surface area contributed by atoms with Crippen molar-refractivity contribution < 1.29 is 19.1 Å². The van der Waals surface area contributed by atoms with E-state index in [0.717, 1.165) is 12.0 Å². The number of hydrogen-bond donors (Lipinski definition) is 0. The van der Waals surface area contributed by atoms with Crippen LogP contribution in [0.1, 0.15) is 15.9 Å². The number of amides is 2. The maximum Gasteiger partial charge on any atom is 0.257 e. The molecule has 0 spiro atoms. The first-order valence-corrected chi connectivity index (χ1v) is 6.82. The lowest BCUT2D eigenvalue weighted by Gasteiger charge is -2.32. The van der Waals surface area contributed by atoms with Gasteiger partial charge in [-0.25, -0.2) is 0 Å². The van der Waals surface area contributed by atoms with Crippen LogP contribution in [0.5, 0.6) is 11.5 Å².